The Morgan fingerprint density at radius 2 is 1.89 bits per heavy atom. The molecule has 1 heterocycles. The lowest BCUT2D eigenvalue weighted by Crippen LogP contribution is -2.34. The third kappa shape index (κ3) is 6.55. The van der Waals surface area contributed by atoms with Gasteiger partial charge in [0.05, 0.1) is 31.7 Å². The van der Waals surface area contributed by atoms with Crippen molar-refractivity contribution in [2.75, 3.05) is 38.0 Å². The molecular formula is C19H29N3O4S. The van der Waals surface area contributed by atoms with Crippen molar-refractivity contribution in [1.82, 2.24) is 5.32 Å². The maximum absolute atomic E-state index is 12.0. The first-order valence-corrected chi connectivity index (χ1v) is 9.70. The van der Waals surface area contributed by atoms with Gasteiger partial charge in [0.25, 0.3) is 0 Å². The highest BCUT2D eigenvalue weighted by molar-refractivity contribution is 7.80. The molecule has 8 heteroatoms. The molecule has 1 aliphatic heterocycles. The van der Waals surface area contributed by atoms with E-state index in [9.17, 15) is 4.79 Å². The van der Waals surface area contributed by atoms with Crippen LogP contribution in [0.25, 0.3) is 0 Å². The number of hydrogen-bond donors (Lipinski definition) is 3. The SMILES string of the molecule is CCCCC(=O)Nc1cc(OC)c(NC(=S)NC[C@H]2CCCO2)cc1OC. The molecule has 0 unspecified atom stereocenters. The van der Waals surface area contributed by atoms with Gasteiger partial charge in [0.1, 0.15) is 11.5 Å². The molecule has 3 N–H and O–H groups in total. The average molecular weight is 396 g/mol. The Bertz CT molecular complexity index is 648. The first kappa shape index (κ1) is 21.2. The Morgan fingerprint density at radius 3 is 2.44 bits per heavy atom. The van der Waals surface area contributed by atoms with Crippen molar-refractivity contribution in [3.63, 3.8) is 0 Å². The number of unbranched alkanes of at least 4 members (excludes halogenated alkanes) is 1. The van der Waals surface area contributed by atoms with Crippen LogP contribution < -0.4 is 25.4 Å². The van der Waals surface area contributed by atoms with Crippen molar-refractivity contribution in [2.24, 2.45) is 0 Å². The zero-order valence-corrected chi connectivity index (χ0v) is 17.0. The number of methoxy groups -OCH3 is 2. The van der Waals surface area contributed by atoms with Gasteiger partial charge in [-0.05, 0) is 31.5 Å². The van der Waals surface area contributed by atoms with E-state index >= 15 is 0 Å². The Kier molecular flexibility index (Phi) is 8.60. The minimum absolute atomic E-state index is 0.0494. The van der Waals surface area contributed by atoms with Crippen molar-refractivity contribution in [2.45, 2.75) is 45.1 Å². The average Bonchev–Trinajstić information content (AvgIpc) is 3.19. The first-order chi connectivity index (χ1) is 13.1. The zero-order valence-electron chi connectivity index (χ0n) is 16.2. The molecule has 0 bridgehead atoms. The quantitative estimate of drug-likeness (QED) is 0.554. The van der Waals surface area contributed by atoms with E-state index in [4.69, 9.17) is 26.4 Å². The third-order valence-electron chi connectivity index (χ3n) is 4.32. The molecular weight excluding hydrogens is 366 g/mol. The van der Waals surface area contributed by atoms with Gasteiger partial charge in [-0.3, -0.25) is 4.79 Å². The summed E-state index contributed by atoms with van der Waals surface area (Å²) >= 11 is 5.36. The van der Waals surface area contributed by atoms with E-state index in [1.54, 1.807) is 26.4 Å². The highest BCUT2D eigenvalue weighted by Crippen LogP contribution is 2.36. The predicted octanol–water partition coefficient (Wildman–Crippen LogP) is 3.30. The van der Waals surface area contributed by atoms with Gasteiger partial charge < -0.3 is 30.2 Å². The van der Waals surface area contributed by atoms with Gasteiger partial charge >= 0.3 is 0 Å². The molecule has 1 aromatic carbocycles. The van der Waals surface area contributed by atoms with Crippen molar-refractivity contribution in [1.29, 1.82) is 0 Å². The fourth-order valence-electron chi connectivity index (χ4n) is 2.82. The van der Waals surface area contributed by atoms with E-state index in [-0.39, 0.29) is 12.0 Å². The number of hydrogen-bond acceptors (Lipinski definition) is 5. The Hall–Kier alpha value is -2.06. The smallest absolute Gasteiger partial charge is 0.224 e. The second-order valence-corrected chi connectivity index (χ2v) is 6.78. The number of thiocarbonyl (C=S) groups is 1. The molecule has 0 radical (unpaired) electrons. The fourth-order valence-corrected chi connectivity index (χ4v) is 3.01. The molecule has 0 aromatic heterocycles. The monoisotopic (exact) mass is 395 g/mol. The number of rotatable bonds is 9. The summed E-state index contributed by atoms with van der Waals surface area (Å²) in [5, 5.41) is 9.64. The van der Waals surface area contributed by atoms with Crippen LogP contribution in [0.1, 0.15) is 39.0 Å². The number of benzene rings is 1. The van der Waals surface area contributed by atoms with E-state index in [0.717, 1.165) is 32.3 Å². The summed E-state index contributed by atoms with van der Waals surface area (Å²) in [5.74, 6) is 1.04. The van der Waals surface area contributed by atoms with Crippen molar-refractivity contribution in [3.05, 3.63) is 12.1 Å². The number of anilines is 2. The van der Waals surface area contributed by atoms with E-state index in [2.05, 4.69) is 16.0 Å². The highest BCUT2D eigenvalue weighted by Gasteiger charge is 2.17. The summed E-state index contributed by atoms with van der Waals surface area (Å²) in [7, 11) is 3.12. The number of carbonyl (C=O) groups excluding carboxylic acids is 1. The Balaban J connectivity index is 2.04. The predicted molar refractivity (Wildman–Crippen MR) is 111 cm³/mol. The van der Waals surface area contributed by atoms with Crippen LogP contribution in [0.2, 0.25) is 0 Å². The minimum Gasteiger partial charge on any atom is -0.494 e. The Labute approximate surface area is 166 Å². The van der Waals surface area contributed by atoms with Gasteiger partial charge in [-0.25, -0.2) is 0 Å². The van der Waals surface area contributed by atoms with Gasteiger partial charge in [-0.1, -0.05) is 13.3 Å². The molecule has 1 atom stereocenters. The molecule has 150 valence electrons. The molecule has 27 heavy (non-hydrogen) atoms. The molecule has 0 aliphatic carbocycles. The standard InChI is InChI=1S/C19H29N3O4S/c1-4-5-8-18(23)21-14-10-17(25-3)15(11-16(14)24-2)22-19(27)20-12-13-7-6-9-26-13/h10-11,13H,4-9,12H2,1-3H3,(H,21,23)(H2,20,22,27)/t13-/m1/s1. The highest BCUT2D eigenvalue weighted by atomic mass is 32.1. The van der Waals surface area contributed by atoms with Crippen LogP contribution in [0.5, 0.6) is 11.5 Å². The number of carbonyl (C=O) groups is 1. The maximum Gasteiger partial charge on any atom is 0.224 e. The van der Waals surface area contributed by atoms with Gasteiger partial charge in [0.2, 0.25) is 5.91 Å². The second-order valence-electron chi connectivity index (χ2n) is 6.37. The van der Waals surface area contributed by atoms with Crippen LogP contribution in [0, 0.1) is 0 Å². The van der Waals surface area contributed by atoms with Crippen molar-refractivity contribution < 1.29 is 19.0 Å². The molecule has 7 nitrogen and oxygen atoms in total. The molecule has 1 aliphatic rings. The molecule has 2 rings (SSSR count). The summed E-state index contributed by atoms with van der Waals surface area (Å²) in [6, 6.07) is 3.49. The summed E-state index contributed by atoms with van der Waals surface area (Å²) in [5.41, 5.74) is 1.23. The summed E-state index contributed by atoms with van der Waals surface area (Å²) in [6.07, 6.45) is 4.60. The lowest BCUT2D eigenvalue weighted by Gasteiger charge is -2.18. The molecule has 0 saturated carbocycles. The van der Waals surface area contributed by atoms with Crippen LogP contribution in [0.4, 0.5) is 11.4 Å². The third-order valence-corrected chi connectivity index (χ3v) is 4.56. The van der Waals surface area contributed by atoms with Gasteiger partial charge in [-0.15, -0.1) is 0 Å². The Morgan fingerprint density at radius 1 is 1.22 bits per heavy atom. The molecule has 0 spiro atoms. The van der Waals surface area contributed by atoms with Crippen LogP contribution in [-0.2, 0) is 9.53 Å². The van der Waals surface area contributed by atoms with E-state index in [0.29, 0.717) is 41.0 Å². The largest absolute Gasteiger partial charge is 0.494 e. The maximum atomic E-state index is 12.0. The van der Waals surface area contributed by atoms with Crippen LogP contribution in [-0.4, -0.2) is 44.5 Å². The lowest BCUT2D eigenvalue weighted by molar-refractivity contribution is -0.116. The summed E-state index contributed by atoms with van der Waals surface area (Å²) in [4.78, 5) is 12.0. The van der Waals surface area contributed by atoms with Gasteiger partial charge in [0, 0.05) is 31.7 Å². The molecule has 1 fully saturated rings. The fraction of sp³-hybridized carbons (Fsp3) is 0.579. The van der Waals surface area contributed by atoms with Crippen molar-refractivity contribution >= 4 is 34.6 Å². The van der Waals surface area contributed by atoms with E-state index < -0.39 is 0 Å². The van der Waals surface area contributed by atoms with Crippen LogP contribution in [0.15, 0.2) is 12.1 Å². The van der Waals surface area contributed by atoms with Crippen LogP contribution in [0.3, 0.4) is 0 Å². The summed E-state index contributed by atoms with van der Waals surface area (Å²) in [6.45, 7) is 3.52. The van der Waals surface area contributed by atoms with E-state index in [1.165, 1.54) is 0 Å². The number of amides is 1. The zero-order chi connectivity index (χ0) is 19.6. The second kappa shape index (κ2) is 10.9. The minimum atomic E-state index is -0.0494. The van der Waals surface area contributed by atoms with E-state index in [1.807, 2.05) is 6.92 Å². The van der Waals surface area contributed by atoms with Gasteiger partial charge in [0.15, 0.2) is 5.11 Å². The van der Waals surface area contributed by atoms with Gasteiger partial charge in [-0.2, -0.15) is 0 Å². The normalized spacial score (nSPS) is 15.9. The first-order valence-electron chi connectivity index (χ1n) is 9.29. The topological polar surface area (TPSA) is 80.9 Å². The molecule has 1 amide bonds. The summed E-state index contributed by atoms with van der Waals surface area (Å²) < 4.78 is 16.4. The molecule has 1 aromatic rings. The van der Waals surface area contributed by atoms with Crippen LogP contribution >= 0.6 is 12.2 Å². The number of nitrogens with one attached hydrogen (secondary N) is 3. The number of ether oxygens (including phenoxy) is 3. The molecule has 1 saturated heterocycles. The van der Waals surface area contributed by atoms with Crippen molar-refractivity contribution in [3.8, 4) is 11.5 Å². The lowest BCUT2D eigenvalue weighted by atomic mass is 10.2.